The Hall–Kier alpha value is -2.38. The molecule has 1 fully saturated rings. The van der Waals surface area contributed by atoms with Gasteiger partial charge >= 0.3 is 0 Å². The molecule has 0 saturated carbocycles. The third-order valence-corrected chi connectivity index (χ3v) is 6.31. The van der Waals surface area contributed by atoms with Gasteiger partial charge in [-0.15, -0.1) is 0 Å². The number of carbonyl (C=O) groups is 1. The third-order valence-electron chi connectivity index (χ3n) is 4.91. The molecule has 7 heteroatoms. The average Bonchev–Trinajstić information content (AvgIpc) is 3.01. The van der Waals surface area contributed by atoms with Gasteiger partial charge in [0.25, 0.3) is 5.91 Å². The molecule has 6 nitrogen and oxygen atoms in total. The molecule has 2 aromatic rings. The minimum absolute atomic E-state index is 0.0578. The van der Waals surface area contributed by atoms with E-state index in [1.54, 1.807) is 11.0 Å². The molecule has 0 bridgehead atoms. The van der Waals surface area contributed by atoms with Gasteiger partial charge in [-0.05, 0) is 36.6 Å². The number of nitrogens with one attached hydrogen (secondary N) is 1. The van der Waals surface area contributed by atoms with Crippen LogP contribution in [0, 0.1) is 0 Å². The van der Waals surface area contributed by atoms with E-state index in [0.717, 1.165) is 31.2 Å². The fraction of sp³-hybridized carbons (Fsp3) is 0.381. The number of rotatable bonds is 6. The van der Waals surface area contributed by atoms with Crippen molar-refractivity contribution in [3.8, 4) is 5.75 Å². The van der Waals surface area contributed by atoms with Crippen LogP contribution in [0.2, 0.25) is 0 Å². The lowest BCUT2D eigenvalue weighted by Gasteiger charge is -2.22. The van der Waals surface area contributed by atoms with Gasteiger partial charge in [-0.25, -0.2) is 13.1 Å². The van der Waals surface area contributed by atoms with Gasteiger partial charge in [-0.3, -0.25) is 4.79 Å². The van der Waals surface area contributed by atoms with E-state index < -0.39 is 10.0 Å². The van der Waals surface area contributed by atoms with Crippen LogP contribution in [0.25, 0.3) is 0 Å². The fourth-order valence-corrected chi connectivity index (χ4v) is 4.37. The molecular formula is C21H26N2O4S. The summed E-state index contributed by atoms with van der Waals surface area (Å²) in [6, 6.07) is 13.7. The van der Waals surface area contributed by atoms with Gasteiger partial charge in [0.15, 0.2) is 0 Å². The zero-order valence-electron chi connectivity index (χ0n) is 16.1. The van der Waals surface area contributed by atoms with Crippen molar-refractivity contribution in [2.24, 2.45) is 0 Å². The molecular weight excluding hydrogens is 376 g/mol. The summed E-state index contributed by atoms with van der Waals surface area (Å²) in [6.45, 7) is 1.56. The summed E-state index contributed by atoms with van der Waals surface area (Å²) in [5.41, 5.74) is 1.15. The first-order chi connectivity index (χ1) is 13.5. The van der Waals surface area contributed by atoms with Crippen molar-refractivity contribution in [2.75, 3.05) is 20.2 Å². The van der Waals surface area contributed by atoms with Crippen LogP contribution in [-0.2, 0) is 16.6 Å². The normalized spacial score (nSPS) is 15.1. The van der Waals surface area contributed by atoms with Crippen molar-refractivity contribution in [1.29, 1.82) is 0 Å². The summed E-state index contributed by atoms with van der Waals surface area (Å²) in [5.74, 6) is 0.204. The zero-order valence-corrected chi connectivity index (χ0v) is 16.9. The van der Waals surface area contributed by atoms with Crippen molar-refractivity contribution in [3.05, 3.63) is 59.7 Å². The number of likely N-dealkylation sites (tertiary alicyclic amines) is 1. The number of benzene rings is 2. The van der Waals surface area contributed by atoms with E-state index in [0.29, 0.717) is 18.8 Å². The number of sulfonamides is 1. The van der Waals surface area contributed by atoms with Crippen molar-refractivity contribution in [2.45, 2.75) is 37.1 Å². The molecule has 1 N–H and O–H groups in total. The zero-order chi connectivity index (χ0) is 20.0. The molecule has 0 spiro atoms. The van der Waals surface area contributed by atoms with Gasteiger partial charge in [0.1, 0.15) is 5.75 Å². The van der Waals surface area contributed by atoms with E-state index in [1.807, 2.05) is 30.3 Å². The van der Waals surface area contributed by atoms with Crippen LogP contribution in [0.1, 0.15) is 41.6 Å². The first-order valence-electron chi connectivity index (χ1n) is 9.52. The highest BCUT2D eigenvalue weighted by Crippen LogP contribution is 2.25. The molecule has 1 aliphatic rings. The maximum Gasteiger partial charge on any atom is 0.257 e. The maximum atomic E-state index is 13.0. The second-order valence-electron chi connectivity index (χ2n) is 6.88. The summed E-state index contributed by atoms with van der Waals surface area (Å²) in [6.07, 6.45) is 4.15. The van der Waals surface area contributed by atoms with Crippen LogP contribution in [-0.4, -0.2) is 39.4 Å². The van der Waals surface area contributed by atoms with Crippen LogP contribution in [0.15, 0.2) is 53.4 Å². The lowest BCUT2D eigenvalue weighted by atomic mass is 10.1. The monoisotopic (exact) mass is 402 g/mol. The van der Waals surface area contributed by atoms with Gasteiger partial charge < -0.3 is 9.64 Å². The molecule has 0 aromatic heterocycles. The predicted octanol–water partition coefficient (Wildman–Crippen LogP) is 3.19. The van der Waals surface area contributed by atoms with E-state index >= 15 is 0 Å². The molecule has 0 atom stereocenters. The molecule has 0 unspecified atom stereocenters. The average molecular weight is 403 g/mol. The molecule has 2 aromatic carbocycles. The Morgan fingerprint density at radius 3 is 2.36 bits per heavy atom. The van der Waals surface area contributed by atoms with Gasteiger partial charge in [0.05, 0.1) is 17.6 Å². The highest BCUT2D eigenvalue weighted by molar-refractivity contribution is 7.89. The Morgan fingerprint density at radius 1 is 1.04 bits per heavy atom. The van der Waals surface area contributed by atoms with Crippen molar-refractivity contribution < 1.29 is 17.9 Å². The Kier molecular flexibility index (Phi) is 6.70. The predicted molar refractivity (Wildman–Crippen MR) is 108 cm³/mol. The number of methoxy groups -OCH3 is 1. The Labute approximate surface area is 166 Å². The van der Waals surface area contributed by atoms with E-state index in [1.165, 1.54) is 19.2 Å². The Balaban J connectivity index is 1.83. The minimum Gasteiger partial charge on any atom is -0.496 e. The largest absolute Gasteiger partial charge is 0.496 e. The van der Waals surface area contributed by atoms with Crippen LogP contribution >= 0.6 is 0 Å². The molecule has 28 heavy (non-hydrogen) atoms. The van der Waals surface area contributed by atoms with Gasteiger partial charge in [0.2, 0.25) is 10.0 Å². The summed E-state index contributed by atoms with van der Waals surface area (Å²) >= 11 is 0. The molecule has 3 rings (SSSR count). The molecule has 150 valence electrons. The molecule has 1 amide bonds. The summed E-state index contributed by atoms with van der Waals surface area (Å²) in [4.78, 5) is 14.9. The fourth-order valence-electron chi connectivity index (χ4n) is 3.32. The van der Waals surface area contributed by atoms with Gasteiger partial charge in [0, 0.05) is 19.6 Å². The second-order valence-corrected chi connectivity index (χ2v) is 8.65. The number of amides is 1. The minimum atomic E-state index is -3.75. The van der Waals surface area contributed by atoms with Crippen molar-refractivity contribution >= 4 is 15.9 Å². The number of hydrogen-bond acceptors (Lipinski definition) is 4. The maximum absolute atomic E-state index is 13.0. The van der Waals surface area contributed by atoms with E-state index in [9.17, 15) is 13.2 Å². The number of carbonyl (C=O) groups excluding carboxylic acids is 1. The smallest absolute Gasteiger partial charge is 0.257 e. The quantitative estimate of drug-likeness (QED) is 0.805. The van der Waals surface area contributed by atoms with Crippen molar-refractivity contribution in [3.63, 3.8) is 0 Å². The molecule has 1 heterocycles. The topological polar surface area (TPSA) is 75.7 Å². The lowest BCUT2D eigenvalue weighted by Crippen LogP contribution is -2.32. The van der Waals surface area contributed by atoms with Crippen LogP contribution in [0.5, 0.6) is 5.75 Å². The first kappa shape index (κ1) is 20.4. The van der Waals surface area contributed by atoms with E-state index in [4.69, 9.17) is 4.74 Å². The van der Waals surface area contributed by atoms with E-state index in [2.05, 4.69) is 4.72 Å². The first-order valence-corrected chi connectivity index (χ1v) is 11.0. The molecule has 1 aliphatic heterocycles. The third kappa shape index (κ3) is 4.91. The van der Waals surface area contributed by atoms with Crippen LogP contribution in [0.3, 0.4) is 0 Å². The Morgan fingerprint density at radius 2 is 1.71 bits per heavy atom. The van der Waals surface area contributed by atoms with Gasteiger partial charge in [-0.2, -0.15) is 0 Å². The van der Waals surface area contributed by atoms with Crippen LogP contribution < -0.4 is 9.46 Å². The van der Waals surface area contributed by atoms with Crippen molar-refractivity contribution in [1.82, 2.24) is 9.62 Å². The Bertz CT molecular complexity index is 905. The summed E-state index contributed by atoms with van der Waals surface area (Å²) < 4.78 is 33.4. The number of hydrogen-bond donors (Lipinski definition) is 1. The standard InChI is InChI=1S/C21H26N2O4S/c1-27-20-12-11-18(28(25,26)22-16-17-9-5-4-6-10-17)15-19(20)21(24)23-13-7-2-3-8-14-23/h4-6,9-12,15,22H,2-3,7-8,13-14,16H2,1H3. The molecule has 1 saturated heterocycles. The SMILES string of the molecule is COc1ccc(S(=O)(=O)NCc2ccccc2)cc1C(=O)N1CCCCCC1. The highest BCUT2D eigenvalue weighted by Gasteiger charge is 2.24. The molecule has 0 aliphatic carbocycles. The lowest BCUT2D eigenvalue weighted by molar-refractivity contribution is 0.0758. The summed E-state index contributed by atoms with van der Waals surface area (Å²) in [5, 5.41) is 0. The van der Waals surface area contributed by atoms with E-state index in [-0.39, 0.29) is 22.9 Å². The van der Waals surface area contributed by atoms with Gasteiger partial charge in [-0.1, -0.05) is 43.2 Å². The van der Waals surface area contributed by atoms with Crippen LogP contribution in [0.4, 0.5) is 0 Å². The highest BCUT2D eigenvalue weighted by atomic mass is 32.2. The summed E-state index contributed by atoms with van der Waals surface area (Å²) in [7, 11) is -2.27. The number of ether oxygens (including phenoxy) is 1. The molecule has 0 radical (unpaired) electrons. The number of nitrogens with zero attached hydrogens (tertiary/aromatic N) is 1. The second kappa shape index (κ2) is 9.21.